The van der Waals surface area contributed by atoms with Crippen LogP contribution < -0.4 is 20.1 Å². The van der Waals surface area contributed by atoms with E-state index < -0.39 is 7.60 Å². The van der Waals surface area contributed by atoms with Crippen molar-refractivity contribution < 1.29 is 23.1 Å². The van der Waals surface area contributed by atoms with E-state index in [0.29, 0.717) is 42.4 Å². The van der Waals surface area contributed by atoms with Gasteiger partial charge in [-0.15, -0.1) is 0 Å². The lowest BCUT2D eigenvalue weighted by Crippen LogP contribution is -2.11. The molecule has 8 nitrogen and oxygen atoms in total. The van der Waals surface area contributed by atoms with Gasteiger partial charge in [0.15, 0.2) is 11.5 Å². The number of aromatic nitrogens is 2. The standard InChI is InChI=1S/C21H26N3O5P/c1-5-28-30(25,29-6-2)16-9-7-15(8-10-16)13-22-21-17-11-19(26-3)20(27-4)12-18(17)23-14-24-21/h7-12,14H,5-6,13H2,1-4H3,(H,22,23,24). The molecule has 0 unspecified atom stereocenters. The Bertz CT molecular complexity index is 1030. The Morgan fingerprint density at radius 3 is 2.17 bits per heavy atom. The Morgan fingerprint density at radius 1 is 0.933 bits per heavy atom. The fourth-order valence-electron chi connectivity index (χ4n) is 3.03. The highest BCUT2D eigenvalue weighted by molar-refractivity contribution is 7.62. The molecule has 2 aromatic carbocycles. The fraction of sp³-hybridized carbons (Fsp3) is 0.333. The highest BCUT2D eigenvalue weighted by Crippen LogP contribution is 2.46. The summed E-state index contributed by atoms with van der Waals surface area (Å²) in [6.07, 6.45) is 1.50. The third-order valence-electron chi connectivity index (χ3n) is 4.45. The molecule has 160 valence electrons. The van der Waals surface area contributed by atoms with Gasteiger partial charge in [0.05, 0.1) is 38.3 Å². The summed E-state index contributed by atoms with van der Waals surface area (Å²) < 4.78 is 34.4. The summed E-state index contributed by atoms with van der Waals surface area (Å²) >= 11 is 0. The zero-order valence-electron chi connectivity index (χ0n) is 17.5. The van der Waals surface area contributed by atoms with Crippen LogP contribution in [0.4, 0.5) is 5.82 Å². The maximum atomic E-state index is 12.9. The molecule has 0 aliphatic heterocycles. The molecular formula is C21H26N3O5P. The lowest BCUT2D eigenvalue weighted by atomic mass is 10.2. The van der Waals surface area contributed by atoms with Gasteiger partial charge in [-0.2, -0.15) is 0 Å². The number of nitrogens with zero attached hydrogens (tertiary/aromatic N) is 2. The van der Waals surface area contributed by atoms with Crippen molar-refractivity contribution in [1.29, 1.82) is 0 Å². The summed E-state index contributed by atoms with van der Waals surface area (Å²) in [4.78, 5) is 8.66. The number of anilines is 1. The van der Waals surface area contributed by atoms with Gasteiger partial charge in [0.25, 0.3) is 0 Å². The van der Waals surface area contributed by atoms with Crippen LogP contribution in [0.2, 0.25) is 0 Å². The van der Waals surface area contributed by atoms with Gasteiger partial charge < -0.3 is 23.8 Å². The van der Waals surface area contributed by atoms with E-state index in [2.05, 4.69) is 15.3 Å². The number of rotatable bonds is 10. The molecule has 0 saturated heterocycles. The molecule has 0 aliphatic carbocycles. The summed E-state index contributed by atoms with van der Waals surface area (Å²) in [5, 5.41) is 4.69. The van der Waals surface area contributed by atoms with Gasteiger partial charge in [0, 0.05) is 18.0 Å². The Labute approximate surface area is 176 Å². The summed E-state index contributed by atoms with van der Waals surface area (Å²) in [6, 6.07) is 11.0. The van der Waals surface area contributed by atoms with Gasteiger partial charge in [0.1, 0.15) is 12.1 Å². The first kappa shape index (κ1) is 22.0. The maximum absolute atomic E-state index is 12.9. The summed E-state index contributed by atoms with van der Waals surface area (Å²) in [5.41, 5.74) is 1.74. The number of fused-ring (bicyclic) bond motifs is 1. The van der Waals surface area contributed by atoms with Crippen molar-refractivity contribution in [3.63, 3.8) is 0 Å². The predicted octanol–water partition coefficient (Wildman–Crippen LogP) is 4.15. The van der Waals surface area contributed by atoms with Gasteiger partial charge in [-0.05, 0) is 37.6 Å². The zero-order valence-corrected chi connectivity index (χ0v) is 18.4. The smallest absolute Gasteiger partial charge is 0.361 e. The summed E-state index contributed by atoms with van der Waals surface area (Å²) in [6.45, 7) is 4.74. The summed E-state index contributed by atoms with van der Waals surface area (Å²) in [7, 11) is -0.109. The second kappa shape index (κ2) is 9.89. The van der Waals surface area contributed by atoms with E-state index in [1.54, 1.807) is 40.2 Å². The molecule has 0 fully saturated rings. The summed E-state index contributed by atoms with van der Waals surface area (Å²) in [5.74, 6) is 1.90. The van der Waals surface area contributed by atoms with Crippen LogP contribution in [0.15, 0.2) is 42.7 Å². The number of methoxy groups -OCH3 is 2. The average molecular weight is 431 g/mol. The number of hydrogen-bond donors (Lipinski definition) is 1. The first-order valence-electron chi connectivity index (χ1n) is 9.63. The molecule has 1 heterocycles. The van der Waals surface area contributed by atoms with Crippen molar-refractivity contribution in [3.8, 4) is 11.5 Å². The molecule has 0 radical (unpaired) electrons. The van der Waals surface area contributed by atoms with Crippen LogP contribution in [-0.4, -0.2) is 37.4 Å². The Kier molecular flexibility index (Phi) is 7.26. The number of benzene rings is 2. The Balaban J connectivity index is 1.80. The van der Waals surface area contributed by atoms with Crippen molar-refractivity contribution in [2.75, 3.05) is 32.8 Å². The molecule has 0 bridgehead atoms. The Hall–Kier alpha value is -2.67. The molecule has 9 heteroatoms. The molecule has 1 N–H and O–H groups in total. The second-order valence-corrected chi connectivity index (χ2v) is 8.33. The van der Waals surface area contributed by atoms with E-state index in [9.17, 15) is 4.57 Å². The van der Waals surface area contributed by atoms with Crippen molar-refractivity contribution in [3.05, 3.63) is 48.3 Å². The number of hydrogen-bond acceptors (Lipinski definition) is 8. The molecule has 1 aromatic heterocycles. The van der Waals surface area contributed by atoms with Crippen LogP contribution in [0.1, 0.15) is 19.4 Å². The van der Waals surface area contributed by atoms with E-state index in [1.807, 2.05) is 24.3 Å². The fourth-order valence-corrected chi connectivity index (χ4v) is 4.60. The van der Waals surface area contributed by atoms with Crippen LogP contribution in [0.25, 0.3) is 10.9 Å². The molecule has 0 amide bonds. The van der Waals surface area contributed by atoms with Crippen LogP contribution >= 0.6 is 7.60 Å². The van der Waals surface area contributed by atoms with Crippen LogP contribution in [0.5, 0.6) is 11.5 Å². The quantitative estimate of drug-likeness (QED) is 0.479. The molecule has 3 aromatic rings. The van der Waals surface area contributed by atoms with E-state index in [0.717, 1.165) is 16.5 Å². The SMILES string of the molecule is CCOP(=O)(OCC)c1ccc(CNc2ncnc3cc(OC)c(OC)cc23)cc1. The average Bonchev–Trinajstić information content (AvgIpc) is 2.77. The number of nitrogens with one attached hydrogen (secondary N) is 1. The lowest BCUT2D eigenvalue weighted by molar-refractivity contribution is 0.230. The number of ether oxygens (including phenoxy) is 2. The topological polar surface area (TPSA) is 91.8 Å². The minimum absolute atomic E-state index is 0.315. The van der Waals surface area contributed by atoms with Gasteiger partial charge in [0.2, 0.25) is 0 Å². The van der Waals surface area contributed by atoms with E-state index >= 15 is 0 Å². The van der Waals surface area contributed by atoms with Crippen molar-refractivity contribution in [1.82, 2.24) is 9.97 Å². The molecule has 0 spiro atoms. The van der Waals surface area contributed by atoms with Crippen LogP contribution in [0.3, 0.4) is 0 Å². The largest absolute Gasteiger partial charge is 0.493 e. The third kappa shape index (κ3) is 4.73. The normalized spacial score (nSPS) is 11.5. The van der Waals surface area contributed by atoms with Gasteiger partial charge in [-0.25, -0.2) is 9.97 Å². The first-order chi connectivity index (χ1) is 14.5. The van der Waals surface area contributed by atoms with Gasteiger partial charge >= 0.3 is 7.60 Å². The lowest BCUT2D eigenvalue weighted by Gasteiger charge is -2.17. The third-order valence-corrected chi connectivity index (χ3v) is 6.58. The predicted molar refractivity (Wildman–Crippen MR) is 117 cm³/mol. The van der Waals surface area contributed by atoms with Crippen LogP contribution in [0, 0.1) is 0 Å². The monoisotopic (exact) mass is 431 g/mol. The molecular weight excluding hydrogens is 405 g/mol. The molecule has 30 heavy (non-hydrogen) atoms. The Morgan fingerprint density at radius 2 is 1.57 bits per heavy atom. The second-order valence-electron chi connectivity index (χ2n) is 6.30. The van der Waals surface area contributed by atoms with Crippen molar-refractivity contribution in [2.45, 2.75) is 20.4 Å². The van der Waals surface area contributed by atoms with E-state index in [-0.39, 0.29) is 0 Å². The molecule has 0 aliphatic rings. The van der Waals surface area contributed by atoms with E-state index in [4.69, 9.17) is 18.5 Å². The van der Waals surface area contributed by atoms with E-state index in [1.165, 1.54) is 6.33 Å². The van der Waals surface area contributed by atoms with Gasteiger partial charge in [-0.3, -0.25) is 4.57 Å². The molecule has 0 atom stereocenters. The van der Waals surface area contributed by atoms with Crippen molar-refractivity contribution >= 4 is 29.6 Å². The highest BCUT2D eigenvalue weighted by atomic mass is 31.2. The molecule has 3 rings (SSSR count). The minimum atomic E-state index is -3.28. The molecule has 0 saturated carbocycles. The first-order valence-corrected chi connectivity index (χ1v) is 11.2. The zero-order chi connectivity index (χ0) is 21.6. The van der Waals surface area contributed by atoms with Crippen LogP contribution in [-0.2, 0) is 20.2 Å². The highest BCUT2D eigenvalue weighted by Gasteiger charge is 2.26. The van der Waals surface area contributed by atoms with Crippen molar-refractivity contribution in [2.24, 2.45) is 0 Å². The van der Waals surface area contributed by atoms with Gasteiger partial charge in [-0.1, -0.05) is 12.1 Å². The minimum Gasteiger partial charge on any atom is -0.493 e. The maximum Gasteiger partial charge on any atom is 0.361 e.